The topological polar surface area (TPSA) is 86.6 Å². The fourth-order valence-corrected chi connectivity index (χ4v) is 2.97. The summed E-state index contributed by atoms with van der Waals surface area (Å²) in [5.41, 5.74) is 1.04. The van der Waals surface area contributed by atoms with Crippen molar-refractivity contribution in [2.24, 2.45) is 0 Å². The standard InChI is InChI=1S/C17H24O7/c1-17(2)23-15-14(13(12(19)8-18)22-16(15)24-17)21-10-20-9-11-6-4-3-5-7-11/h3-7,12-16,18-19H,8-10H2,1-2H3/t12-,13-,14-,15-,16-/m1/s1. The van der Waals surface area contributed by atoms with E-state index in [0.29, 0.717) is 6.61 Å². The molecule has 2 aliphatic rings. The van der Waals surface area contributed by atoms with E-state index in [9.17, 15) is 10.2 Å². The molecule has 1 aromatic carbocycles. The number of rotatable bonds is 7. The zero-order valence-electron chi connectivity index (χ0n) is 13.8. The molecule has 0 saturated carbocycles. The van der Waals surface area contributed by atoms with E-state index in [0.717, 1.165) is 5.56 Å². The molecule has 0 unspecified atom stereocenters. The maximum Gasteiger partial charge on any atom is 0.190 e. The Kier molecular flexibility index (Phi) is 5.51. The van der Waals surface area contributed by atoms with Crippen molar-refractivity contribution < 1.29 is 33.9 Å². The zero-order chi connectivity index (χ0) is 17.2. The Balaban J connectivity index is 1.56. The molecule has 3 rings (SSSR count). The third kappa shape index (κ3) is 3.94. The summed E-state index contributed by atoms with van der Waals surface area (Å²) in [5.74, 6) is -0.781. The summed E-state index contributed by atoms with van der Waals surface area (Å²) in [6.45, 7) is 3.58. The van der Waals surface area contributed by atoms with E-state index in [1.807, 2.05) is 30.3 Å². The summed E-state index contributed by atoms with van der Waals surface area (Å²) < 4.78 is 28.4. The summed E-state index contributed by atoms with van der Waals surface area (Å²) >= 11 is 0. The first-order valence-corrected chi connectivity index (χ1v) is 8.03. The van der Waals surface area contributed by atoms with Gasteiger partial charge >= 0.3 is 0 Å². The highest BCUT2D eigenvalue weighted by Crippen LogP contribution is 2.39. The van der Waals surface area contributed by atoms with Crippen LogP contribution in [-0.4, -0.2) is 60.1 Å². The average molecular weight is 340 g/mol. The van der Waals surface area contributed by atoms with Crippen LogP contribution >= 0.6 is 0 Å². The van der Waals surface area contributed by atoms with Crippen molar-refractivity contribution in [2.45, 2.75) is 56.9 Å². The Morgan fingerprint density at radius 3 is 2.67 bits per heavy atom. The van der Waals surface area contributed by atoms with E-state index in [4.69, 9.17) is 23.7 Å². The van der Waals surface area contributed by atoms with E-state index in [1.165, 1.54) is 0 Å². The number of aliphatic hydroxyl groups excluding tert-OH is 2. The molecule has 0 amide bonds. The van der Waals surface area contributed by atoms with Crippen LogP contribution in [0.5, 0.6) is 0 Å². The van der Waals surface area contributed by atoms with Crippen molar-refractivity contribution in [2.75, 3.05) is 13.4 Å². The van der Waals surface area contributed by atoms with E-state index >= 15 is 0 Å². The van der Waals surface area contributed by atoms with Crippen LogP contribution in [0.1, 0.15) is 19.4 Å². The number of hydrogen-bond donors (Lipinski definition) is 2. The lowest BCUT2D eigenvalue weighted by molar-refractivity contribution is -0.238. The molecule has 0 spiro atoms. The van der Waals surface area contributed by atoms with Gasteiger partial charge in [0.15, 0.2) is 12.1 Å². The fourth-order valence-electron chi connectivity index (χ4n) is 2.97. The molecule has 2 heterocycles. The smallest absolute Gasteiger partial charge is 0.190 e. The SMILES string of the molecule is CC1(C)O[C@H]2O[C@H]([C@H](O)CO)[C@@H](OCOCc3ccccc3)[C@H]2O1. The molecule has 0 bridgehead atoms. The molecular formula is C17H24O7. The molecule has 7 nitrogen and oxygen atoms in total. The molecule has 5 atom stereocenters. The van der Waals surface area contributed by atoms with E-state index in [-0.39, 0.29) is 6.79 Å². The van der Waals surface area contributed by atoms with Crippen molar-refractivity contribution in [3.05, 3.63) is 35.9 Å². The maximum atomic E-state index is 9.94. The molecule has 2 N–H and O–H groups in total. The number of ether oxygens (including phenoxy) is 5. The summed E-state index contributed by atoms with van der Waals surface area (Å²) in [7, 11) is 0. The third-order valence-electron chi connectivity index (χ3n) is 4.05. The van der Waals surface area contributed by atoms with E-state index < -0.39 is 43.1 Å². The predicted molar refractivity (Wildman–Crippen MR) is 82.8 cm³/mol. The normalized spacial score (nSPS) is 32.7. The molecule has 2 aliphatic heterocycles. The first kappa shape index (κ1) is 17.8. The van der Waals surface area contributed by atoms with Crippen molar-refractivity contribution in [3.8, 4) is 0 Å². The van der Waals surface area contributed by atoms with Crippen molar-refractivity contribution in [3.63, 3.8) is 0 Å². The van der Waals surface area contributed by atoms with Crippen LogP contribution in [-0.2, 0) is 30.3 Å². The van der Waals surface area contributed by atoms with E-state index in [2.05, 4.69) is 0 Å². The maximum absolute atomic E-state index is 9.94. The van der Waals surface area contributed by atoms with Gasteiger partial charge < -0.3 is 33.9 Å². The van der Waals surface area contributed by atoms with Gasteiger partial charge in [0, 0.05) is 0 Å². The highest BCUT2D eigenvalue weighted by atomic mass is 16.8. The lowest BCUT2D eigenvalue weighted by Gasteiger charge is -2.27. The summed E-state index contributed by atoms with van der Waals surface area (Å²) in [4.78, 5) is 0. The first-order valence-electron chi connectivity index (χ1n) is 8.03. The molecule has 2 saturated heterocycles. The van der Waals surface area contributed by atoms with Gasteiger partial charge in [-0.25, -0.2) is 0 Å². The number of aliphatic hydroxyl groups is 2. The minimum Gasteiger partial charge on any atom is -0.394 e. The Morgan fingerprint density at radius 1 is 1.21 bits per heavy atom. The Hall–Kier alpha value is -1.06. The van der Waals surface area contributed by atoms with Gasteiger partial charge in [-0.05, 0) is 19.4 Å². The van der Waals surface area contributed by atoms with Gasteiger partial charge in [-0.15, -0.1) is 0 Å². The molecular weight excluding hydrogens is 316 g/mol. The van der Waals surface area contributed by atoms with Crippen LogP contribution in [0, 0.1) is 0 Å². The monoisotopic (exact) mass is 340 g/mol. The van der Waals surface area contributed by atoms with Crippen LogP contribution < -0.4 is 0 Å². The number of fused-ring (bicyclic) bond motifs is 1. The van der Waals surface area contributed by atoms with Gasteiger partial charge in [-0.3, -0.25) is 0 Å². The van der Waals surface area contributed by atoms with Crippen molar-refractivity contribution in [1.82, 2.24) is 0 Å². The summed E-state index contributed by atoms with van der Waals surface area (Å²) in [6.07, 6.45) is -3.52. The van der Waals surface area contributed by atoms with Crippen LogP contribution in [0.3, 0.4) is 0 Å². The minimum absolute atomic E-state index is 0.0184. The second-order valence-corrected chi connectivity index (χ2v) is 6.40. The molecule has 134 valence electrons. The molecule has 2 fully saturated rings. The highest BCUT2D eigenvalue weighted by Gasteiger charge is 2.57. The lowest BCUT2D eigenvalue weighted by Crippen LogP contribution is -2.44. The zero-order valence-corrected chi connectivity index (χ0v) is 13.8. The van der Waals surface area contributed by atoms with Gasteiger partial charge in [-0.1, -0.05) is 30.3 Å². The molecule has 24 heavy (non-hydrogen) atoms. The van der Waals surface area contributed by atoms with Crippen molar-refractivity contribution in [1.29, 1.82) is 0 Å². The van der Waals surface area contributed by atoms with Crippen LogP contribution in [0.4, 0.5) is 0 Å². The number of hydrogen-bond acceptors (Lipinski definition) is 7. The van der Waals surface area contributed by atoms with Crippen molar-refractivity contribution >= 4 is 0 Å². The quantitative estimate of drug-likeness (QED) is 0.560. The van der Waals surface area contributed by atoms with E-state index in [1.54, 1.807) is 13.8 Å². The highest BCUT2D eigenvalue weighted by molar-refractivity contribution is 5.13. The third-order valence-corrected chi connectivity index (χ3v) is 4.05. The van der Waals surface area contributed by atoms with Gasteiger partial charge in [0.1, 0.15) is 31.2 Å². The average Bonchev–Trinajstić information content (AvgIpc) is 3.04. The lowest BCUT2D eigenvalue weighted by atomic mass is 10.1. The molecule has 7 heteroatoms. The van der Waals surface area contributed by atoms with Gasteiger partial charge in [0.25, 0.3) is 0 Å². The second-order valence-electron chi connectivity index (χ2n) is 6.40. The molecule has 0 aliphatic carbocycles. The predicted octanol–water partition coefficient (Wildman–Crippen LogP) is 0.775. The molecule has 1 aromatic rings. The number of benzene rings is 1. The van der Waals surface area contributed by atoms with Gasteiger partial charge in [0.05, 0.1) is 13.2 Å². The van der Waals surface area contributed by atoms with Gasteiger partial charge in [0.2, 0.25) is 0 Å². The summed E-state index contributed by atoms with van der Waals surface area (Å²) in [6, 6.07) is 9.74. The van der Waals surface area contributed by atoms with Crippen LogP contribution in [0.15, 0.2) is 30.3 Å². The van der Waals surface area contributed by atoms with Crippen LogP contribution in [0.25, 0.3) is 0 Å². The first-order chi connectivity index (χ1) is 11.5. The Bertz CT molecular complexity index is 521. The Morgan fingerprint density at radius 2 is 1.96 bits per heavy atom. The fraction of sp³-hybridized carbons (Fsp3) is 0.647. The minimum atomic E-state index is -1.08. The second kappa shape index (κ2) is 7.45. The molecule has 0 aromatic heterocycles. The Labute approximate surface area is 141 Å². The van der Waals surface area contributed by atoms with Crippen LogP contribution in [0.2, 0.25) is 0 Å². The van der Waals surface area contributed by atoms with Gasteiger partial charge in [-0.2, -0.15) is 0 Å². The largest absolute Gasteiger partial charge is 0.394 e. The molecule has 0 radical (unpaired) electrons. The summed E-state index contributed by atoms with van der Waals surface area (Å²) in [5, 5.41) is 19.1.